The summed E-state index contributed by atoms with van der Waals surface area (Å²) in [5, 5.41) is 2.73. The van der Waals surface area contributed by atoms with Crippen molar-refractivity contribution in [2.24, 2.45) is 0 Å². The van der Waals surface area contributed by atoms with E-state index in [-0.39, 0.29) is 18.9 Å². The molecule has 1 amide bonds. The van der Waals surface area contributed by atoms with Gasteiger partial charge in [-0.05, 0) is 32.9 Å². The van der Waals surface area contributed by atoms with Crippen LogP contribution in [0.15, 0.2) is 24.4 Å². The van der Waals surface area contributed by atoms with Crippen molar-refractivity contribution in [2.45, 2.75) is 39.3 Å². The highest BCUT2D eigenvalue weighted by molar-refractivity contribution is 7.88. The number of nitrogens with one attached hydrogen (secondary N) is 1. The molecule has 0 saturated carbocycles. The molecule has 0 radical (unpaired) electrons. The van der Waals surface area contributed by atoms with Crippen molar-refractivity contribution in [3.05, 3.63) is 30.1 Å². The molecule has 7 heteroatoms. The SMILES string of the molecule is CC(C)(C)N(CCC(=O)NCc1ccccn1)S(C)(=O)=O. The van der Waals surface area contributed by atoms with Crippen LogP contribution in [0.25, 0.3) is 0 Å². The molecule has 0 aliphatic rings. The van der Waals surface area contributed by atoms with E-state index >= 15 is 0 Å². The third-order valence-electron chi connectivity index (χ3n) is 2.88. The van der Waals surface area contributed by atoms with Crippen LogP contribution in [-0.2, 0) is 21.4 Å². The Morgan fingerprint density at radius 1 is 1.33 bits per heavy atom. The molecule has 1 aromatic heterocycles. The van der Waals surface area contributed by atoms with E-state index in [0.717, 1.165) is 11.9 Å². The van der Waals surface area contributed by atoms with Gasteiger partial charge >= 0.3 is 0 Å². The molecule has 1 rings (SSSR count). The predicted molar refractivity (Wildman–Crippen MR) is 82.0 cm³/mol. The Hall–Kier alpha value is -1.47. The van der Waals surface area contributed by atoms with Gasteiger partial charge < -0.3 is 5.32 Å². The molecule has 1 aromatic rings. The van der Waals surface area contributed by atoms with Gasteiger partial charge in [-0.3, -0.25) is 9.78 Å². The van der Waals surface area contributed by atoms with Gasteiger partial charge in [0.2, 0.25) is 15.9 Å². The summed E-state index contributed by atoms with van der Waals surface area (Å²) in [5.41, 5.74) is 0.219. The van der Waals surface area contributed by atoms with Crippen molar-refractivity contribution in [3.63, 3.8) is 0 Å². The average molecular weight is 313 g/mol. The summed E-state index contributed by atoms with van der Waals surface area (Å²) >= 11 is 0. The smallest absolute Gasteiger partial charge is 0.221 e. The van der Waals surface area contributed by atoms with Gasteiger partial charge in [0, 0.05) is 24.7 Å². The van der Waals surface area contributed by atoms with Gasteiger partial charge in [-0.25, -0.2) is 8.42 Å². The Bertz CT molecular complexity index is 565. The van der Waals surface area contributed by atoms with Crippen LogP contribution in [-0.4, -0.2) is 42.0 Å². The van der Waals surface area contributed by atoms with Crippen LogP contribution in [0.2, 0.25) is 0 Å². The summed E-state index contributed by atoms with van der Waals surface area (Å²) in [5.74, 6) is -0.196. The maximum atomic E-state index is 11.8. The molecule has 1 heterocycles. The van der Waals surface area contributed by atoms with Crippen LogP contribution < -0.4 is 5.32 Å². The van der Waals surface area contributed by atoms with Gasteiger partial charge in [0.15, 0.2) is 0 Å². The maximum absolute atomic E-state index is 11.8. The molecule has 0 atom stereocenters. The number of sulfonamides is 1. The van der Waals surface area contributed by atoms with Gasteiger partial charge in [-0.1, -0.05) is 6.07 Å². The second kappa shape index (κ2) is 7.00. The number of aromatic nitrogens is 1. The van der Waals surface area contributed by atoms with Crippen LogP contribution in [0.1, 0.15) is 32.9 Å². The highest BCUT2D eigenvalue weighted by atomic mass is 32.2. The lowest BCUT2D eigenvalue weighted by Gasteiger charge is -2.33. The van der Waals surface area contributed by atoms with E-state index in [0.29, 0.717) is 6.54 Å². The molecular formula is C14H23N3O3S. The summed E-state index contributed by atoms with van der Waals surface area (Å²) < 4.78 is 24.8. The largest absolute Gasteiger partial charge is 0.350 e. The zero-order valence-corrected chi connectivity index (χ0v) is 13.8. The van der Waals surface area contributed by atoms with Crippen LogP contribution in [0.3, 0.4) is 0 Å². The van der Waals surface area contributed by atoms with E-state index < -0.39 is 15.6 Å². The zero-order valence-electron chi connectivity index (χ0n) is 13.0. The third kappa shape index (κ3) is 6.22. The fraction of sp³-hybridized carbons (Fsp3) is 0.571. The molecule has 0 bridgehead atoms. The first kappa shape index (κ1) is 17.6. The Morgan fingerprint density at radius 3 is 2.48 bits per heavy atom. The van der Waals surface area contributed by atoms with Gasteiger partial charge in [0.25, 0.3) is 0 Å². The lowest BCUT2D eigenvalue weighted by atomic mass is 10.1. The van der Waals surface area contributed by atoms with E-state index in [1.54, 1.807) is 33.0 Å². The molecule has 0 aromatic carbocycles. The molecule has 0 unspecified atom stereocenters. The molecule has 118 valence electrons. The zero-order chi connectivity index (χ0) is 16.1. The summed E-state index contributed by atoms with van der Waals surface area (Å²) in [6.07, 6.45) is 2.94. The molecule has 0 spiro atoms. The van der Waals surface area contributed by atoms with Crippen molar-refractivity contribution in [2.75, 3.05) is 12.8 Å². The fourth-order valence-electron chi connectivity index (χ4n) is 1.98. The van der Waals surface area contributed by atoms with E-state index in [1.165, 1.54) is 4.31 Å². The van der Waals surface area contributed by atoms with Gasteiger partial charge in [-0.15, -0.1) is 0 Å². The van der Waals surface area contributed by atoms with E-state index in [4.69, 9.17) is 0 Å². The first-order chi connectivity index (χ1) is 9.60. The third-order valence-corrected chi connectivity index (χ3v) is 4.41. The van der Waals surface area contributed by atoms with E-state index in [9.17, 15) is 13.2 Å². The average Bonchev–Trinajstić information content (AvgIpc) is 2.34. The van der Waals surface area contributed by atoms with Crippen molar-refractivity contribution in [1.82, 2.24) is 14.6 Å². The Labute approximate surface area is 126 Å². The van der Waals surface area contributed by atoms with Crippen LogP contribution in [0, 0.1) is 0 Å². The van der Waals surface area contributed by atoms with Crippen LogP contribution in [0.4, 0.5) is 0 Å². The highest BCUT2D eigenvalue weighted by Crippen LogP contribution is 2.17. The molecule has 21 heavy (non-hydrogen) atoms. The number of hydrogen-bond donors (Lipinski definition) is 1. The number of nitrogens with zero attached hydrogens (tertiary/aromatic N) is 2. The monoisotopic (exact) mass is 313 g/mol. The van der Waals surface area contributed by atoms with Crippen LogP contribution >= 0.6 is 0 Å². The summed E-state index contributed by atoms with van der Waals surface area (Å²) in [7, 11) is -3.34. The maximum Gasteiger partial charge on any atom is 0.221 e. The lowest BCUT2D eigenvalue weighted by Crippen LogP contribution is -2.46. The van der Waals surface area contributed by atoms with Gasteiger partial charge in [-0.2, -0.15) is 4.31 Å². The van der Waals surface area contributed by atoms with Gasteiger partial charge in [0.1, 0.15) is 0 Å². The Kier molecular flexibility index (Phi) is 5.86. The number of amides is 1. The molecule has 0 aliphatic heterocycles. The Balaban J connectivity index is 2.51. The molecule has 1 N–H and O–H groups in total. The van der Waals surface area contributed by atoms with E-state index in [2.05, 4.69) is 10.3 Å². The van der Waals surface area contributed by atoms with Crippen LogP contribution in [0.5, 0.6) is 0 Å². The fourth-order valence-corrected chi connectivity index (χ4v) is 3.40. The van der Waals surface area contributed by atoms with E-state index in [1.807, 2.05) is 12.1 Å². The number of rotatable bonds is 6. The van der Waals surface area contributed by atoms with Crippen molar-refractivity contribution >= 4 is 15.9 Å². The minimum absolute atomic E-state index is 0.122. The van der Waals surface area contributed by atoms with Crippen molar-refractivity contribution in [1.29, 1.82) is 0 Å². The topological polar surface area (TPSA) is 79.4 Å². The van der Waals surface area contributed by atoms with Gasteiger partial charge in [0.05, 0.1) is 18.5 Å². The second-order valence-corrected chi connectivity index (χ2v) is 7.76. The highest BCUT2D eigenvalue weighted by Gasteiger charge is 2.29. The number of pyridine rings is 1. The summed E-state index contributed by atoms with van der Waals surface area (Å²) in [6, 6.07) is 5.47. The molecule has 0 fully saturated rings. The minimum atomic E-state index is -3.34. The number of hydrogen-bond acceptors (Lipinski definition) is 4. The standard InChI is InChI=1S/C14H23N3O3S/c1-14(2,3)17(21(4,19)20)10-8-13(18)16-11-12-7-5-6-9-15-12/h5-7,9H,8,10-11H2,1-4H3,(H,16,18). The Morgan fingerprint density at radius 2 is 2.00 bits per heavy atom. The summed E-state index contributed by atoms with van der Waals surface area (Å²) in [4.78, 5) is 15.9. The summed E-state index contributed by atoms with van der Waals surface area (Å²) in [6.45, 7) is 5.92. The quantitative estimate of drug-likeness (QED) is 0.854. The number of carbonyl (C=O) groups is 1. The van der Waals surface area contributed by atoms with Crippen molar-refractivity contribution in [3.8, 4) is 0 Å². The first-order valence-corrected chi connectivity index (χ1v) is 8.60. The molecule has 6 nitrogen and oxygen atoms in total. The first-order valence-electron chi connectivity index (χ1n) is 6.75. The number of carbonyl (C=O) groups excluding carboxylic acids is 1. The minimum Gasteiger partial charge on any atom is -0.350 e. The second-order valence-electron chi connectivity index (χ2n) is 5.85. The van der Waals surface area contributed by atoms with Crippen molar-refractivity contribution < 1.29 is 13.2 Å². The molecule has 0 aliphatic carbocycles. The lowest BCUT2D eigenvalue weighted by molar-refractivity contribution is -0.121. The predicted octanol–water partition coefficient (Wildman–Crippen LogP) is 1.15. The molecular weight excluding hydrogens is 290 g/mol. The molecule has 0 saturated heterocycles. The normalized spacial score (nSPS) is 12.4.